The normalized spacial score (nSPS) is 30.1. The van der Waals surface area contributed by atoms with Crippen LogP contribution in [0, 0.1) is 5.41 Å². The highest BCUT2D eigenvalue weighted by Crippen LogP contribution is 2.40. The van der Waals surface area contributed by atoms with E-state index in [1.165, 1.54) is 5.56 Å². The van der Waals surface area contributed by atoms with Crippen molar-refractivity contribution in [1.29, 1.82) is 0 Å². The van der Waals surface area contributed by atoms with Gasteiger partial charge in [-0.1, -0.05) is 13.3 Å². The Morgan fingerprint density at radius 1 is 1.60 bits per heavy atom. The van der Waals surface area contributed by atoms with Crippen LogP contribution in [0.4, 0.5) is 0 Å². The summed E-state index contributed by atoms with van der Waals surface area (Å²) in [7, 11) is 0. The van der Waals surface area contributed by atoms with Gasteiger partial charge in [0.1, 0.15) is 0 Å². The summed E-state index contributed by atoms with van der Waals surface area (Å²) in [5, 5.41) is 7.73. The number of thiophene rings is 1. The van der Waals surface area contributed by atoms with Crippen LogP contribution in [-0.4, -0.2) is 30.4 Å². The molecule has 1 aromatic heterocycles. The van der Waals surface area contributed by atoms with Crippen molar-refractivity contribution in [2.24, 2.45) is 5.41 Å². The van der Waals surface area contributed by atoms with Gasteiger partial charge in [0.2, 0.25) is 5.91 Å². The highest BCUT2D eigenvalue weighted by atomic mass is 32.1. The summed E-state index contributed by atoms with van der Waals surface area (Å²) in [5.74, 6) is 0.401. The molecule has 4 heteroatoms. The van der Waals surface area contributed by atoms with Crippen LogP contribution in [0.25, 0.3) is 0 Å². The SMILES string of the molecule is CCCC1(C(=O)N2CCCC2c2ccsc2)CCNC1. The number of hydrogen-bond donors (Lipinski definition) is 1. The number of carbonyl (C=O) groups is 1. The Morgan fingerprint density at radius 3 is 3.15 bits per heavy atom. The summed E-state index contributed by atoms with van der Waals surface area (Å²) < 4.78 is 0. The lowest BCUT2D eigenvalue weighted by molar-refractivity contribution is -0.142. The number of hydrogen-bond acceptors (Lipinski definition) is 3. The predicted octanol–water partition coefficient (Wildman–Crippen LogP) is 3.19. The van der Waals surface area contributed by atoms with Crippen LogP contribution < -0.4 is 5.32 Å². The van der Waals surface area contributed by atoms with E-state index in [9.17, 15) is 4.79 Å². The largest absolute Gasteiger partial charge is 0.335 e. The molecule has 2 saturated heterocycles. The molecule has 2 atom stereocenters. The molecule has 3 heterocycles. The molecule has 1 N–H and O–H groups in total. The molecule has 0 aliphatic carbocycles. The lowest BCUT2D eigenvalue weighted by Crippen LogP contribution is -2.45. The Labute approximate surface area is 125 Å². The molecular weight excluding hydrogens is 268 g/mol. The second kappa shape index (κ2) is 5.86. The van der Waals surface area contributed by atoms with Crippen molar-refractivity contribution < 1.29 is 4.79 Å². The number of carbonyl (C=O) groups excluding carboxylic acids is 1. The van der Waals surface area contributed by atoms with E-state index < -0.39 is 0 Å². The Kier molecular flexibility index (Phi) is 4.13. The molecule has 110 valence electrons. The zero-order chi connectivity index (χ0) is 14.0. The van der Waals surface area contributed by atoms with Gasteiger partial charge in [-0.15, -0.1) is 0 Å². The van der Waals surface area contributed by atoms with Crippen LogP contribution in [0.15, 0.2) is 16.8 Å². The average molecular weight is 292 g/mol. The van der Waals surface area contributed by atoms with Crippen molar-refractivity contribution in [2.75, 3.05) is 19.6 Å². The van der Waals surface area contributed by atoms with Gasteiger partial charge in [0.25, 0.3) is 0 Å². The number of nitrogens with one attached hydrogen (secondary N) is 1. The van der Waals surface area contributed by atoms with E-state index in [2.05, 4.69) is 34.0 Å². The fourth-order valence-electron chi connectivity index (χ4n) is 3.85. The first-order valence-corrected chi connectivity index (χ1v) is 8.75. The van der Waals surface area contributed by atoms with Crippen molar-refractivity contribution >= 4 is 17.2 Å². The van der Waals surface area contributed by atoms with Crippen LogP contribution in [0.2, 0.25) is 0 Å². The van der Waals surface area contributed by atoms with Crippen LogP contribution in [0.1, 0.15) is 50.6 Å². The maximum absolute atomic E-state index is 13.2. The fourth-order valence-corrected chi connectivity index (χ4v) is 4.56. The zero-order valence-electron chi connectivity index (χ0n) is 12.2. The lowest BCUT2D eigenvalue weighted by atomic mass is 9.80. The third-order valence-corrected chi connectivity index (χ3v) is 5.57. The first-order valence-electron chi connectivity index (χ1n) is 7.81. The van der Waals surface area contributed by atoms with Gasteiger partial charge in [-0.05, 0) is 54.6 Å². The van der Waals surface area contributed by atoms with Crippen LogP contribution in [0.3, 0.4) is 0 Å². The molecule has 3 rings (SSSR count). The minimum atomic E-state index is -0.132. The van der Waals surface area contributed by atoms with Gasteiger partial charge in [0, 0.05) is 13.1 Å². The van der Waals surface area contributed by atoms with E-state index in [0.29, 0.717) is 11.9 Å². The molecule has 2 unspecified atom stereocenters. The summed E-state index contributed by atoms with van der Waals surface area (Å²) in [6.45, 7) is 4.98. The molecule has 0 bridgehead atoms. The first-order chi connectivity index (χ1) is 9.77. The van der Waals surface area contributed by atoms with Crippen LogP contribution in [0.5, 0.6) is 0 Å². The maximum Gasteiger partial charge on any atom is 0.230 e. The monoisotopic (exact) mass is 292 g/mol. The Balaban J connectivity index is 1.81. The molecule has 0 saturated carbocycles. The molecule has 2 fully saturated rings. The number of amides is 1. The highest BCUT2D eigenvalue weighted by molar-refractivity contribution is 7.07. The molecule has 0 radical (unpaired) electrons. The molecule has 2 aliphatic rings. The number of nitrogens with zero attached hydrogens (tertiary/aromatic N) is 1. The fraction of sp³-hybridized carbons (Fsp3) is 0.688. The van der Waals surface area contributed by atoms with Gasteiger partial charge in [0.05, 0.1) is 11.5 Å². The van der Waals surface area contributed by atoms with E-state index in [0.717, 1.165) is 51.7 Å². The summed E-state index contributed by atoms with van der Waals surface area (Å²) in [6.07, 6.45) is 5.38. The van der Waals surface area contributed by atoms with Crippen molar-refractivity contribution in [3.05, 3.63) is 22.4 Å². The molecule has 3 nitrogen and oxygen atoms in total. The van der Waals surface area contributed by atoms with Crippen molar-refractivity contribution in [3.8, 4) is 0 Å². The van der Waals surface area contributed by atoms with Crippen LogP contribution in [-0.2, 0) is 4.79 Å². The summed E-state index contributed by atoms with van der Waals surface area (Å²) in [6, 6.07) is 2.50. The highest BCUT2D eigenvalue weighted by Gasteiger charge is 2.45. The van der Waals surface area contributed by atoms with Crippen LogP contribution >= 0.6 is 11.3 Å². The molecule has 20 heavy (non-hydrogen) atoms. The Morgan fingerprint density at radius 2 is 2.50 bits per heavy atom. The lowest BCUT2D eigenvalue weighted by Gasteiger charge is -2.35. The first kappa shape index (κ1) is 14.1. The van der Waals surface area contributed by atoms with Gasteiger partial charge in [-0.2, -0.15) is 11.3 Å². The Bertz CT molecular complexity index is 451. The quantitative estimate of drug-likeness (QED) is 0.924. The molecule has 1 amide bonds. The topological polar surface area (TPSA) is 32.3 Å². The van der Waals surface area contributed by atoms with Gasteiger partial charge in [0.15, 0.2) is 0 Å². The van der Waals surface area contributed by atoms with Gasteiger partial charge in [-0.3, -0.25) is 4.79 Å². The van der Waals surface area contributed by atoms with Crippen molar-refractivity contribution in [1.82, 2.24) is 10.2 Å². The molecular formula is C16H24N2OS. The van der Waals surface area contributed by atoms with E-state index >= 15 is 0 Å². The molecule has 0 aromatic carbocycles. The van der Waals surface area contributed by atoms with Crippen molar-refractivity contribution in [2.45, 2.75) is 45.1 Å². The van der Waals surface area contributed by atoms with Crippen molar-refractivity contribution in [3.63, 3.8) is 0 Å². The summed E-state index contributed by atoms with van der Waals surface area (Å²) in [5.41, 5.74) is 1.20. The average Bonchev–Trinajstić information content (AvgIpc) is 3.19. The second-order valence-electron chi connectivity index (χ2n) is 6.17. The molecule has 0 spiro atoms. The molecule has 2 aliphatic heterocycles. The zero-order valence-corrected chi connectivity index (χ0v) is 13.0. The number of rotatable bonds is 4. The predicted molar refractivity (Wildman–Crippen MR) is 82.8 cm³/mol. The molecule has 1 aromatic rings. The smallest absolute Gasteiger partial charge is 0.230 e. The maximum atomic E-state index is 13.2. The Hall–Kier alpha value is -0.870. The second-order valence-corrected chi connectivity index (χ2v) is 6.95. The van der Waals surface area contributed by atoms with E-state index in [4.69, 9.17) is 0 Å². The van der Waals surface area contributed by atoms with E-state index in [-0.39, 0.29) is 5.41 Å². The summed E-state index contributed by atoms with van der Waals surface area (Å²) in [4.78, 5) is 15.3. The third-order valence-electron chi connectivity index (χ3n) is 4.87. The van der Waals surface area contributed by atoms with Gasteiger partial charge >= 0.3 is 0 Å². The minimum absolute atomic E-state index is 0.132. The summed E-state index contributed by atoms with van der Waals surface area (Å²) >= 11 is 1.73. The van der Waals surface area contributed by atoms with Gasteiger partial charge < -0.3 is 10.2 Å². The third kappa shape index (κ3) is 2.40. The minimum Gasteiger partial charge on any atom is -0.335 e. The standard InChI is InChI=1S/C16H24N2OS/c1-2-6-16(7-8-17-12-16)15(19)18-9-3-4-14(18)13-5-10-20-11-13/h5,10-11,14,17H,2-4,6-9,12H2,1H3. The van der Waals surface area contributed by atoms with Gasteiger partial charge in [-0.25, -0.2) is 0 Å². The van der Waals surface area contributed by atoms with E-state index in [1.54, 1.807) is 11.3 Å². The number of likely N-dealkylation sites (tertiary alicyclic amines) is 1. The van der Waals surface area contributed by atoms with E-state index in [1.807, 2.05) is 0 Å².